The molecule has 1 aliphatic rings. The molecule has 0 aliphatic carbocycles. The lowest BCUT2D eigenvalue weighted by atomic mass is 9.96. The highest BCUT2D eigenvalue weighted by atomic mass is 16.5. The summed E-state index contributed by atoms with van der Waals surface area (Å²) in [4.78, 5) is 0. The summed E-state index contributed by atoms with van der Waals surface area (Å²) in [6.07, 6.45) is 1.13. The van der Waals surface area contributed by atoms with Gasteiger partial charge in [0.25, 0.3) is 0 Å². The van der Waals surface area contributed by atoms with E-state index in [1.54, 1.807) is 21.3 Å². The van der Waals surface area contributed by atoms with E-state index in [1.807, 2.05) is 12.1 Å². The summed E-state index contributed by atoms with van der Waals surface area (Å²) < 4.78 is 16.0. The molecule has 2 rings (SSSR count). The second-order valence-electron chi connectivity index (χ2n) is 3.72. The standard InChI is InChI=1S/C12H17NO3/c1-14-10-5-4-8(9-6-7-13-9)11(15-2)12(10)16-3/h4-5,9,13H,6-7H2,1-3H3. The Morgan fingerprint density at radius 1 is 1.06 bits per heavy atom. The van der Waals surface area contributed by atoms with E-state index in [9.17, 15) is 0 Å². The second kappa shape index (κ2) is 4.61. The van der Waals surface area contributed by atoms with Gasteiger partial charge >= 0.3 is 0 Å². The minimum Gasteiger partial charge on any atom is -0.493 e. The lowest BCUT2D eigenvalue weighted by Crippen LogP contribution is -2.35. The van der Waals surface area contributed by atoms with Gasteiger partial charge in [0.2, 0.25) is 5.75 Å². The molecule has 1 heterocycles. The number of hydrogen-bond acceptors (Lipinski definition) is 4. The van der Waals surface area contributed by atoms with Crippen LogP contribution in [0.5, 0.6) is 17.2 Å². The van der Waals surface area contributed by atoms with Gasteiger partial charge in [-0.1, -0.05) is 0 Å². The van der Waals surface area contributed by atoms with Crippen molar-refractivity contribution < 1.29 is 14.2 Å². The zero-order chi connectivity index (χ0) is 11.5. The number of hydrogen-bond donors (Lipinski definition) is 1. The van der Waals surface area contributed by atoms with Crippen molar-refractivity contribution in [2.75, 3.05) is 27.9 Å². The van der Waals surface area contributed by atoms with Gasteiger partial charge in [-0.15, -0.1) is 0 Å². The van der Waals surface area contributed by atoms with Crippen molar-refractivity contribution >= 4 is 0 Å². The Bertz CT molecular complexity index is 375. The summed E-state index contributed by atoms with van der Waals surface area (Å²) in [5.74, 6) is 2.12. The highest BCUT2D eigenvalue weighted by molar-refractivity contribution is 5.57. The van der Waals surface area contributed by atoms with Crippen LogP contribution in [-0.4, -0.2) is 27.9 Å². The van der Waals surface area contributed by atoms with E-state index in [-0.39, 0.29) is 0 Å². The summed E-state index contributed by atoms with van der Waals surface area (Å²) in [6, 6.07) is 4.31. The van der Waals surface area contributed by atoms with Crippen molar-refractivity contribution in [3.8, 4) is 17.2 Å². The maximum Gasteiger partial charge on any atom is 0.203 e. The minimum atomic E-state index is 0.370. The molecule has 1 unspecified atom stereocenters. The van der Waals surface area contributed by atoms with Gasteiger partial charge in [0.15, 0.2) is 11.5 Å². The van der Waals surface area contributed by atoms with Crippen molar-refractivity contribution in [1.82, 2.24) is 5.32 Å². The fourth-order valence-electron chi connectivity index (χ4n) is 1.95. The zero-order valence-corrected chi connectivity index (χ0v) is 9.87. The van der Waals surface area contributed by atoms with E-state index < -0.39 is 0 Å². The maximum absolute atomic E-state index is 5.42. The van der Waals surface area contributed by atoms with Crippen LogP contribution in [0.2, 0.25) is 0 Å². The highest BCUT2D eigenvalue weighted by Gasteiger charge is 2.25. The van der Waals surface area contributed by atoms with Crippen LogP contribution in [0.15, 0.2) is 12.1 Å². The summed E-state index contributed by atoms with van der Waals surface area (Å²) in [5.41, 5.74) is 1.13. The van der Waals surface area contributed by atoms with E-state index in [4.69, 9.17) is 14.2 Å². The SMILES string of the molecule is COc1ccc(C2CCN2)c(OC)c1OC. The lowest BCUT2D eigenvalue weighted by molar-refractivity contribution is 0.309. The Morgan fingerprint density at radius 3 is 2.19 bits per heavy atom. The van der Waals surface area contributed by atoms with Gasteiger partial charge in [0, 0.05) is 11.6 Å². The van der Waals surface area contributed by atoms with Crippen molar-refractivity contribution in [3.05, 3.63) is 17.7 Å². The molecule has 1 fully saturated rings. The molecule has 4 nitrogen and oxygen atoms in total. The van der Waals surface area contributed by atoms with Gasteiger partial charge in [-0.25, -0.2) is 0 Å². The Morgan fingerprint density at radius 2 is 1.75 bits per heavy atom. The van der Waals surface area contributed by atoms with Gasteiger partial charge in [-0.3, -0.25) is 0 Å². The summed E-state index contributed by atoms with van der Waals surface area (Å²) in [7, 11) is 4.90. The summed E-state index contributed by atoms with van der Waals surface area (Å²) in [5, 5.41) is 3.35. The molecular formula is C12H17NO3. The molecule has 0 radical (unpaired) electrons. The van der Waals surface area contributed by atoms with Gasteiger partial charge in [0.1, 0.15) is 0 Å². The molecule has 1 aromatic rings. The van der Waals surface area contributed by atoms with E-state index in [0.717, 1.165) is 24.3 Å². The molecule has 16 heavy (non-hydrogen) atoms. The molecule has 1 aliphatic heterocycles. The number of benzene rings is 1. The van der Waals surface area contributed by atoms with E-state index in [1.165, 1.54) is 0 Å². The first kappa shape index (κ1) is 11.1. The average molecular weight is 223 g/mol. The topological polar surface area (TPSA) is 39.7 Å². The van der Waals surface area contributed by atoms with E-state index >= 15 is 0 Å². The molecule has 1 aromatic carbocycles. The van der Waals surface area contributed by atoms with E-state index in [2.05, 4.69) is 5.32 Å². The van der Waals surface area contributed by atoms with Gasteiger partial charge in [0.05, 0.1) is 21.3 Å². The molecule has 0 spiro atoms. The highest BCUT2D eigenvalue weighted by Crippen LogP contribution is 2.43. The number of rotatable bonds is 4. The Hall–Kier alpha value is -1.42. The molecule has 1 N–H and O–H groups in total. The third-order valence-electron chi connectivity index (χ3n) is 2.93. The second-order valence-corrected chi connectivity index (χ2v) is 3.72. The number of ether oxygens (including phenoxy) is 3. The Balaban J connectivity index is 2.45. The first-order chi connectivity index (χ1) is 7.81. The molecule has 0 aromatic heterocycles. The minimum absolute atomic E-state index is 0.370. The average Bonchev–Trinajstić information content (AvgIpc) is 2.25. The third-order valence-corrected chi connectivity index (χ3v) is 2.93. The number of nitrogens with one attached hydrogen (secondary N) is 1. The maximum atomic E-state index is 5.42. The predicted molar refractivity (Wildman–Crippen MR) is 61.5 cm³/mol. The van der Waals surface area contributed by atoms with Crippen molar-refractivity contribution in [2.24, 2.45) is 0 Å². The lowest BCUT2D eigenvalue weighted by Gasteiger charge is -2.30. The van der Waals surface area contributed by atoms with Gasteiger partial charge in [-0.2, -0.15) is 0 Å². The van der Waals surface area contributed by atoms with Crippen LogP contribution in [0.1, 0.15) is 18.0 Å². The van der Waals surface area contributed by atoms with Crippen LogP contribution in [0.3, 0.4) is 0 Å². The third kappa shape index (κ3) is 1.69. The zero-order valence-electron chi connectivity index (χ0n) is 9.87. The summed E-state index contributed by atoms with van der Waals surface area (Å²) >= 11 is 0. The fraction of sp³-hybridized carbons (Fsp3) is 0.500. The molecule has 0 saturated carbocycles. The van der Waals surface area contributed by atoms with Crippen LogP contribution >= 0.6 is 0 Å². The molecule has 0 bridgehead atoms. The van der Waals surface area contributed by atoms with Crippen LogP contribution in [0.25, 0.3) is 0 Å². The first-order valence-corrected chi connectivity index (χ1v) is 5.34. The molecule has 88 valence electrons. The normalized spacial score (nSPS) is 18.8. The molecule has 1 atom stereocenters. The van der Waals surface area contributed by atoms with Crippen LogP contribution < -0.4 is 19.5 Å². The largest absolute Gasteiger partial charge is 0.493 e. The van der Waals surface area contributed by atoms with Crippen LogP contribution in [0, 0.1) is 0 Å². The number of methoxy groups -OCH3 is 3. The molecule has 4 heteroatoms. The Kier molecular flexibility index (Phi) is 3.19. The molecule has 1 saturated heterocycles. The predicted octanol–water partition coefficient (Wildman–Crippen LogP) is 1.75. The van der Waals surface area contributed by atoms with Crippen molar-refractivity contribution in [3.63, 3.8) is 0 Å². The van der Waals surface area contributed by atoms with E-state index in [0.29, 0.717) is 17.5 Å². The summed E-state index contributed by atoms with van der Waals surface area (Å²) in [6.45, 7) is 1.06. The quantitative estimate of drug-likeness (QED) is 0.844. The fourth-order valence-corrected chi connectivity index (χ4v) is 1.95. The monoisotopic (exact) mass is 223 g/mol. The van der Waals surface area contributed by atoms with Gasteiger partial charge < -0.3 is 19.5 Å². The molecular weight excluding hydrogens is 206 g/mol. The van der Waals surface area contributed by atoms with Crippen LogP contribution in [0.4, 0.5) is 0 Å². The van der Waals surface area contributed by atoms with Crippen LogP contribution in [-0.2, 0) is 0 Å². The molecule has 0 amide bonds. The van der Waals surface area contributed by atoms with Crippen molar-refractivity contribution in [2.45, 2.75) is 12.5 Å². The Labute approximate surface area is 95.5 Å². The van der Waals surface area contributed by atoms with Gasteiger partial charge in [-0.05, 0) is 25.1 Å². The smallest absolute Gasteiger partial charge is 0.203 e. The first-order valence-electron chi connectivity index (χ1n) is 5.34. The van der Waals surface area contributed by atoms with Crippen molar-refractivity contribution in [1.29, 1.82) is 0 Å².